The average Bonchev–Trinajstić information content (AvgIpc) is 2.81. The predicted molar refractivity (Wildman–Crippen MR) is 72.4 cm³/mol. The molecule has 0 aliphatic rings. The minimum atomic E-state index is -0.687. The first kappa shape index (κ1) is 15.4. The Morgan fingerprint density at radius 3 is 2.86 bits per heavy atom. The maximum Gasteiger partial charge on any atom is 0.230 e. The summed E-state index contributed by atoms with van der Waals surface area (Å²) in [6.07, 6.45) is 0. The number of nitrogens with one attached hydrogen (secondary N) is 1. The van der Waals surface area contributed by atoms with E-state index in [0.717, 1.165) is 12.1 Å². The van der Waals surface area contributed by atoms with Gasteiger partial charge in [0.2, 0.25) is 11.1 Å². The van der Waals surface area contributed by atoms with Crippen molar-refractivity contribution in [1.82, 2.24) is 25.5 Å². The van der Waals surface area contributed by atoms with Crippen LogP contribution >= 0.6 is 11.8 Å². The minimum Gasteiger partial charge on any atom is -0.349 e. The summed E-state index contributed by atoms with van der Waals surface area (Å²) in [7, 11) is 1.66. The number of hydrogen-bond donors (Lipinski definition) is 1. The monoisotopic (exact) mass is 313 g/mol. The number of carbonyl (C=O) groups is 1. The summed E-state index contributed by atoms with van der Waals surface area (Å²) < 4.78 is 27.9. The SMILES string of the molecule is C[C@H](NC(=O)CSc1nnnn1C)c1ccc(F)cc1F. The van der Waals surface area contributed by atoms with Crippen LogP contribution in [0.2, 0.25) is 0 Å². The lowest BCUT2D eigenvalue weighted by Gasteiger charge is -2.14. The summed E-state index contributed by atoms with van der Waals surface area (Å²) in [5.41, 5.74) is 0.232. The number of tetrazole rings is 1. The van der Waals surface area contributed by atoms with Crippen molar-refractivity contribution < 1.29 is 13.6 Å². The first-order valence-electron chi connectivity index (χ1n) is 6.07. The zero-order chi connectivity index (χ0) is 15.4. The Morgan fingerprint density at radius 1 is 1.48 bits per heavy atom. The first-order valence-corrected chi connectivity index (χ1v) is 7.05. The number of amides is 1. The zero-order valence-corrected chi connectivity index (χ0v) is 12.2. The van der Waals surface area contributed by atoms with Crippen LogP contribution in [-0.4, -0.2) is 31.9 Å². The predicted octanol–water partition coefficient (Wildman–Crippen LogP) is 1.46. The van der Waals surface area contributed by atoms with E-state index in [9.17, 15) is 13.6 Å². The number of hydrogen-bond acceptors (Lipinski definition) is 5. The van der Waals surface area contributed by atoms with Crippen LogP contribution in [-0.2, 0) is 11.8 Å². The molecule has 1 heterocycles. The van der Waals surface area contributed by atoms with Gasteiger partial charge < -0.3 is 5.32 Å². The molecule has 2 aromatic rings. The van der Waals surface area contributed by atoms with Crippen molar-refractivity contribution in [2.75, 3.05) is 5.75 Å². The number of aryl methyl sites for hydroxylation is 1. The smallest absolute Gasteiger partial charge is 0.230 e. The third-order valence-corrected chi connectivity index (χ3v) is 3.73. The van der Waals surface area contributed by atoms with Crippen molar-refractivity contribution in [3.05, 3.63) is 35.4 Å². The molecule has 1 amide bonds. The Kier molecular flexibility index (Phi) is 4.84. The minimum absolute atomic E-state index is 0.0986. The van der Waals surface area contributed by atoms with Gasteiger partial charge in [0.1, 0.15) is 11.6 Å². The third-order valence-electron chi connectivity index (χ3n) is 2.72. The molecule has 0 spiro atoms. The molecule has 0 unspecified atom stereocenters. The van der Waals surface area contributed by atoms with Crippen LogP contribution in [0.25, 0.3) is 0 Å². The summed E-state index contributed by atoms with van der Waals surface area (Å²) in [6, 6.07) is 2.70. The summed E-state index contributed by atoms with van der Waals surface area (Å²) in [5, 5.41) is 14.0. The lowest BCUT2D eigenvalue weighted by Crippen LogP contribution is -2.28. The van der Waals surface area contributed by atoms with E-state index >= 15 is 0 Å². The third kappa shape index (κ3) is 3.97. The summed E-state index contributed by atoms with van der Waals surface area (Å²) in [6.45, 7) is 1.63. The molecule has 112 valence electrons. The van der Waals surface area contributed by atoms with Gasteiger partial charge in [-0.25, -0.2) is 13.5 Å². The van der Waals surface area contributed by atoms with Gasteiger partial charge in [-0.1, -0.05) is 17.8 Å². The average molecular weight is 313 g/mol. The fourth-order valence-electron chi connectivity index (χ4n) is 1.69. The van der Waals surface area contributed by atoms with Crippen molar-refractivity contribution >= 4 is 17.7 Å². The largest absolute Gasteiger partial charge is 0.349 e. The lowest BCUT2D eigenvalue weighted by atomic mass is 10.1. The molecule has 1 N–H and O–H groups in total. The summed E-state index contributed by atoms with van der Waals surface area (Å²) in [5.74, 6) is -1.53. The Bertz CT molecular complexity index is 648. The maximum atomic E-state index is 13.6. The zero-order valence-electron chi connectivity index (χ0n) is 11.4. The van der Waals surface area contributed by atoms with Gasteiger partial charge in [-0.3, -0.25) is 4.79 Å². The van der Waals surface area contributed by atoms with Crippen molar-refractivity contribution in [3.8, 4) is 0 Å². The van der Waals surface area contributed by atoms with Crippen LogP contribution in [0.4, 0.5) is 8.78 Å². The Morgan fingerprint density at radius 2 is 2.24 bits per heavy atom. The highest BCUT2D eigenvalue weighted by Gasteiger charge is 2.15. The van der Waals surface area contributed by atoms with E-state index in [0.29, 0.717) is 5.16 Å². The second kappa shape index (κ2) is 6.61. The quantitative estimate of drug-likeness (QED) is 0.846. The van der Waals surface area contributed by atoms with E-state index in [1.807, 2.05) is 0 Å². The van der Waals surface area contributed by atoms with Crippen LogP contribution in [0, 0.1) is 11.6 Å². The standard InChI is InChI=1S/C12H13F2N5OS/c1-7(9-4-3-8(13)5-10(9)14)15-11(20)6-21-12-16-17-18-19(12)2/h3-5,7H,6H2,1-2H3,(H,15,20)/t7-/m0/s1. The number of aromatic nitrogens is 4. The fourth-order valence-corrected chi connectivity index (χ4v) is 2.35. The van der Waals surface area contributed by atoms with Crippen molar-refractivity contribution in [2.45, 2.75) is 18.1 Å². The second-order valence-electron chi connectivity index (χ2n) is 4.33. The van der Waals surface area contributed by atoms with Crippen LogP contribution in [0.5, 0.6) is 0 Å². The van der Waals surface area contributed by atoms with Gasteiger partial charge in [-0.2, -0.15) is 0 Å². The van der Waals surface area contributed by atoms with Crippen LogP contribution < -0.4 is 5.32 Å². The number of thioether (sulfide) groups is 1. The van der Waals surface area contributed by atoms with Crippen molar-refractivity contribution in [1.29, 1.82) is 0 Å². The number of carbonyl (C=O) groups excluding carboxylic acids is 1. The molecule has 2 rings (SSSR count). The molecule has 1 aromatic heterocycles. The van der Waals surface area contributed by atoms with Crippen molar-refractivity contribution in [2.24, 2.45) is 7.05 Å². The van der Waals surface area contributed by atoms with Crippen LogP contribution in [0.1, 0.15) is 18.5 Å². The van der Waals surface area contributed by atoms with E-state index < -0.39 is 17.7 Å². The van der Waals surface area contributed by atoms with E-state index in [2.05, 4.69) is 20.8 Å². The van der Waals surface area contributed by atoms with E-state index in [1.165, 1.54) is 22.5 Å². The normalized spacial score (nSPS) is 12.2. The van der Waals surface area contributed by atoms with Crippen LogP contribution in [0.3, 0.4) is 0 Å². The first-order chi connectivity index (χ1) is 9.97. The Balaban J connectivity index is 1.91. The molecule has 0 fully saturated rings. The number of halogens is 2. The van der Waals surface area contributed by atoms with Crippen molar-refractivity contribution in [3.63, 3.8) is 0 Å². The molecule has 0 saturated carbocycles. The topological polar surface area (TPSA) is 72.7 Å². The highest BCUT2D eigenvalue weighted by molar-refractivity contribution is 7.99. The molecule has 0 bridgehead atoms. The van der Waals surface area contributed by atoms with Gasteiger partial charge in [0.15, 0.2) is 0 Å². The molecule has 1 aromatic carbocycles. The van der Waals surface area contributed by atoms with Crippen LogP contribution in [0.15, 0.2) is 23.4 Å². The summed E-state index contributed by atoms with van der Waals surface area (Å²) in [4.78, 5) is 11.8. The molecule has 9 heteroatoms. The summed E-state index contributed by atoms with van der Waals surface area (Å²) >= 11 is 1.17. The van der Waals surface area contributed by atoms with Gasteiger partial charge in [-0.05, 0) is 23.4 Å². The molecule has 0 radical (unpaired) electrons. The van der Waals surface area contributed by atoms with E-state index in [1.54, 1.807) is 14.0 Å². The highest BCUT2D eigenvalue weighted by atomic mass is 32.2. The van der Waals surface area contributed by atoms with Gasteiger partial charge in [-0.15, -0.1) is 5.10 Å². The fraction of sp³-hybridized carbons (Fsp3) is 0.333. The van der Waals surface area contributed by atoms with E-state index in [4.69, 9.17) is 0 Å². The molecule has 6 nitrogen and oxygen atoms in total. The Labute approximate surface area is 123 Å². The van der Waals surface area contributed by atoms with E-state index in [-0.39, 0.29) is 17.2 Å². The molecule has 0 saturated heterocycles. The molecule has 21 heavy (non-hydrogen) atoms. The molecule has 0 aliphatic heterocycles. The Hall–Kier alpha value is -2.03. The molecule has 0 aliphatic carbocycles. The van der Waals surface area contributed by atoms with Gasteiger partial charge >= 0.3 is 0 Å². The number of benzene rings is 1. The molecular formula is C12H13F2N5OS. The van der Waals surface area contributed by atoms with Gasteiger partial charge in [0.25, 0.3) is 0 Å². The number of rotatable bonds is 5. The molecule has 1 atom stereocenters. The molecular weight excluding hydrogens is 300 g/mol. The van der Waals surface area contributed by atoms with Gasteiger partial charge in [0, 0.05) is 18.7 Å². The number of nitrogens with zero attached hydrogens (tertiary/aromatic N) is 4. The second-order valence-corrected chi connectivity index (χ2v) is 5.27. The van der Waals surface area contributed by atoms with Gasteiger partial charge in [0.05, 0.1) is 11.8 Å². The maximum absolute atomic E-state index is 13.6. The highest BCUT2D eigenvalue weighted by Crippen LogP contribution is 2.18. The lowest BCUT2D eigenvalue weighted by molar-refractivity contribution is -0.119.